The number of sulfonamides is 1. The van der Waals surface area contributed by atoms with E-state index in [1.807, 2.05) is 18.2 Å². The molecule has 2 aromatic carbocycles. The third-order valence-corrected chi connectivity index (χ3v) is 8.29. The molecule has 0 amide bonds. The molecule has 1 N–H and O–H groups in total. The second-order valence-electron chi connectivity index (χ2n) is 7.86. The summed E-state index contributed by atoms with van der Waals surface area (Å²) >= 11 is 18.2. The van der Waals surface area contributed by atoms with Gasteiger partial charge < -0.3 is 4.90 Å². The number of rotatable bonds is 5. The molecule has 1 aliphatic rings. The van der Waals surface area contributed by atoms with E-state index in [4.69, 9.17) is 34.8 Å². The smallest absolute Gasteiger partial charge is 0.243 e. The second kappa shape index (κ2) is 8.98. The van der Waals surface area contributed by atoms with Gasteiger partial charge in [0.05, 0.1) is 33.6 Å². The summed E-state index contributed by atoms with van der Waals surface area (Å²) in [4.78, 5) is 5.61. The van der Waals surface area contributed by atoms with E-state index in [2.05, 4.69) is 19.7 Å². The highest BCUT2D eigenvalue weighted by atomic mass is 35.5. The van der Waals surface area contributed by atoms with Gasteiger partial charge in [-0.3, -0.25) is 0 Å². The van der Waals surface area contributed by atoms with Gasteiger partial charge in [-0.15, -0.1) is 0 Å². The summed E-state index contributed by atoms with van der Waals surface area (Å²) in [7, 11) is -3.96. The maximum absolute atomic E-state index is 13.2. The standard InChI is InChI=1S/C22H17Cl3FN5O2S/c23-13-8-17(24)22(18(25)9-13)34(32,33)29-14-6-7-30(12-14)19-2-1-3-20-16(19)11-28-31(20)15-4-5-21(26)27-10-15/h1-5,8-11,14,29H,6-7,12H2/t14-/m0/s1. The topological polar surface area (TPSA) is 80.1 Å². The quantitative estimate of drug-likeness (QED) is 0.357. The molecule has 0 bridgehead atoms. The Hall–Kier alpha value is -2.43. The second-order valence-corrected chi connectivity index (χ2v) is 10.8. The van der Waals surface area contributed by atoms with E-state index in [0.717, 1.165) is 16.6 Å². The summed E-state index contributed by atoms with van der Waals surface area (Å²) < 4.78 is 43.6. The van der Waals surface area contributed by atoms with E-state index in [0.29, 0.717) is 25.2 Å². The molecule has 5 rings (SSSR count). The highest BCUT2D eigenvalue weighted by Gasteiger charge is 2.31. The van der Waals surface area contributed by atoms with E-state index in [9.17, 15) is 12.8 Å². The number of pyridine rings is 1. The number of aromatic nitrogens is 3. The summed E-state index contributed by atoms with van der Waals surface area (Å²) in [5.41, 5.74) is 2.38. The van der Waals surface area contributed by atoms with Crippen molar-refractivity contribution >= 4 is 61.4 Å². The Balaban J connectivity index is 1.39. The largest absolute Gasteiger partial charge is 0.369 e. The number of nitrogens with one attached hydrogen (secondary N) is 1. The van der Waals surface area contributed by atoms with Crippen molar-refractivity contribution in [1.82, 2.24) is 19.5 Å². The van der Waals surface area contributed by atoms with Crippen molar-refractivity contribution in [3.8, 4) is 5.69 Å². The zero-order chi connectivity index (χ0) is 24.0. The molecular weight excluding hydrogens is 524 g/mol. The first-order valence-corrected chi connectivity index (χ1v) is 12.8. The Morgan fingerprint density at radius 2 is 1.82 bits per heavy atom. The van der Waals surface area contributed by atoms with Gasteiger partial charge in [-0.2, -0.15) is 9.49 Å². The van der Waals surface area contributed by atoms with Gasteiger partial charge in [0.1, 0.15) is 4.90 Å². The van der Waals surface area contributed by atoms with Crippen LogP contribution in [0.25, 0.3) is 16.6 Å². The van der Waals surface area contributed by atoms with Crippen LogP contribution in [0.3, 0.4) is 0 Å². The molecule has 1 atom stereocenters. The van der Waals surface area contributed by atoms with Crippen LogP contribution in [0.15, 0.2) is 59.8 Å². The van der Waals surface area contributed by atoms with Gasteiger partial charge in [0.2, 0.25) is 16.0 Å². The Kier molecular flexibility index (Phi) is 6.16. The zero-order valence-electron chi connectivity index (χ0n) is 17.4. The van der Waals surface area contributed by atoms with E-state index in [1.54, 1.807) is 16.9 Å². The average molecular weight is 541 g/mol. The molecular formula is C22H17Cl3FN5O2S. The number of halogens is 4. The van der Waals surface area contributed by atoms with Crippen molar-refractivity contribution in [2.45, 2.75) is 17.4 Å². The van der Waals surface area contributed by atoms with E-state index in [1.165, 1.54) is 24.4 Å². The van der Waals surface area contributed by atoms with E-state index >= 15 is 0 Å². The number of fused-ring (bicyclic) bond motifs is 1. The first-order valence-electron chi connectivity index (χ1n) is 10.2. The van der Waals surface area contributed by atoms with Crippen LogP contribution in [0.4, 0.5) is 10.1 Å². The fourth-order valence-corrected chi connectivity index (χ4v) is 6.96. The van der Waals surface area contributed by atoms with Crippen molar-refractivity contribution in [2.24, 2.45) is 0 Å². The van der Waals surface area contributed by atoms with E-state index < -0.39 is 16.0 Å². The summed E-state index contributed by atoms with van der Waals surface area (Å²) in [5.74, 6) is -0.562. The lowest BCUT2D eigenvalue weighted by Crippen LogP contribution is -2.37. The van der Waals surface area contributed by atoms with Crippen molar-refractivity contribution in [3.63, 3.8) is 0 Å². The molecule has 12 heteroatoms. The number of hydrogen-bond acceptors (Lipinski definition) is 5. The molecule has 7 nitrogen and oxygen atoms in total. The third-order valence-electron chi connectivity index (χ3n) is 5.63. The minimum atomic E-state index is -3.96. The zero-order valence-corrected chi connectivity index (χ0v) is 20.5. The molecule has 1 aliphatic heterocycles. The first kappa shape index (κ1) is 23.3. The Bertz CT molecular complexity index is 1470. The van der Waals surface area contributed by atoms with Gasteiger partial charge >= 0.3 is 0 Å². The average Bonchev–Trinajstić information content (AvgIpc) is 3.40. The molecule has 4 aromatic rings. The maximum atomic E-state index is 13.2. The maximum Gasteiger partial charge on any atom is 0.243 e. The molecule has 0 spiro atoms. The van der Waals surface area contributed by atoms with Crippen LogP contribution in [0.2, 0.25) is 15.1 Å². The summed E-state index contributed by atoms with van der Waals surface area (Å²) in [6.07, 6.45) is 3.75. The molecule has 2 aromatic heterocycles. The molecule has 1 fully saturated rings. The lowest BCUT2D eigenvalue weighted by atomic mass is 10.2. The van der Waals surface area contributed by atoms with Crippen molar-refractivity contribution in [2.75, 3.05) is 18.0 Å². The molecule has 0 saturated carbocycles. The Morgan fingerprint density at radius 1 is 1.06 bits per heavy atom. The van der Waals surface area contributed by atoms with Crippen molar-refractivity contribution in [3.05, 3.63) is 75.9 Å². The molecule has 34 heavy (non-hydrogen) atoms. The fourth-order valence-electron chi connectivity index (χ4n) is 4.15. The van der Waals surface area contributed by atoms with Gasteiger partial charge in [-0.05, 0) is 42.8 Å². The third kappa shape index (κ3) is 4.34. The minimum absolute atomic E-state index is 0.0349. The Labute approximate surface area is 210 Å². The first-order chi connectivity index (χ1) is 16.2. The minimum Gasteiger partial charge on any atom is -0.369 e. The van der Waals surface area contributed by atoms with Gasteiger partial charge in [0.15, 0.2) is 0 Å². The van der Waals surface area contributed by atoms with Crippen LogP contribution >= 0.6 is 34.8 Å². The summed E-state index contributed by atoms with van der Waals surface area (Å²) in [6.45, 7) is 1.09. The Morgan fingerprint density at radius 3 is 2.53 bits per heavy atom. The van der Waals surface area contributed by atoms with Gasteiger partial charge in [-0.1, -0.05) is 40.9 Å². The van der Waals surface area contributed by atoms with Gasteiger partial charge in [0.25, 0.3) is 0 Å². The molecule has 0 radical (unpaired) electrons. The van der Waals surface area contributed by atoms with Crippen LogP contribution < -0.4 is 9.62 Å². The van der Waals surface area contributed by atoms with Crippen molar-refractivity contribution < 1.29 is 12.8 Å². The van der Waals surface area contributed by atoms with Crippen LogP contribution in [-0.2, 0) is 10.0 Å². The van der Waals surface area contributed by atoms with Crippen LogP contribution in [0, 0.1) is 5.95 Å². The molecule has 0 aliphatic carbocycles. The number of nitrogens with zero attached hydrogens (tertiary/aromatic N) is 4. The monoisotopic (exact) mass is 539 g/mol. The number of anilines is 1. The molecule has 0 unspecified atom stereocenters. The van der Waals surface area contributed by atoms with E-state index in [-0.39, 0.29) is 26.0 Å². The van der Waals surface area contributed by atoms with Gasteiger partial charge in [0, 0.05) is 35.2 Å². The lowest BCUT2D eigenvalue weighted by Gasteiger charge is -2.20. The SMILES string of the molecule is O=S(=O)(N[C@H]1CCN(c2cccc3c2cnn3-c2ccc(F)nc2)C1)c1c(Cl)cc(Cl)cc1Cl. The predicted molar refractivity (Wildman–Crippen MR) is 131 cm³/mol. The van der Waals surface area contributed by atoms with Crippen LogP contribution in [0.5, 0.6) is 0 Å². The number of benzene rings is 2. The highest BCUT2D eigenvalue weighted by molar-refractivity contribution is 7.89. The van der Waals surface area contributed by atoms with Crippen LogP contribution in [0.1, 0.15) is 6.42 Å². The predicted octanol–water partition coefficient (Wildman–Crippen LogP) is 5.08. The fraction of sp³-hybridized carbons (Fsp3) is 0.182. The summed E-state index contributed by atoms with van der Waals surface area (Å²) in [6, 6.07) is 11.0. The molecule has 1 saturated heterocycles. The van der Waals surface area contributed by atoms with Crippen LogP contribution in [-0.4, -0.2) is 42.3 Å². The van der Waals surface area contributed by atoms with Crippen molar-refractivity contribution in [1.29, 1.82) is 0 Å². The van der Waals surface area contributed by atoms with Gasteiger partial charge in [-0.25, -0.2) is 22.8 Å². The normalized spacial score (nSPS) is 16.5. The molecule has 3 heterocycles. The number of hydrogen-bond donors (Lipinski definition) is 1. The lowest BCUT2D eigenvalue weighted by molar-refractivity contribution is 0.561. The molecule has 176 valence electrons. The summed E-state index contributed by atoms with van der Waals surface area (Å²) in [5, 5.41) is 5.52. The highest BCUT2D eigenvalue weighted by Crippen LogP contribution is 2.34.